The van der Waals surface area contributed by atoms with Crippen molar-refractivity contribution >= 4 is 10.9 Å². The third kappa shape index (κ3) is 1.94. The summed E-state index contributed by atoms with van der Waals surface area (Å²) in [5, 5.41) is 0.923. The van der Waals surface area contributed by atoms with E-state index in [1.807, 2.05) is 18.2 Å². The Morgan fingerprint density at radius 1 is 1.00 bits per heavy atom. The van der Waals surface area contributed by atoms with Crippen LogP contribution in [0.1, 0.15) is 12.6 Å². The summed E-state index contributed by atoms with van der Waals surface area (Å²) in [5.41, 5.74) is 1.89. The Morgan fingerprint density at radius 2 is 1.72 bits per heavy atom. The van der Waals surface area contributed by atoms with E-state index in [9.17, 15) is 0 Å². The van der Waals surface area contributed by atoms with Crippen LogP contribution in [0.4, 0.5) is 0 Å². The molecule has 1 aromatic heterocycles. The van der Waals surface area contributed by atoms with Crippen LogP contribution in [0.15, 0.2) is 18.2 Å². The van der Waals surface area contributed by atoms with E-state index in [1.165, 1.54) is 0 Å². The summed E-state index contributed by atoms with van der Waals surface area (Å²) >= 11 is 0. The SMILES string of the molecule is CCc1ccc2c(OC)c(OC)c(OC)cc2n1. The van der Waals surface area contributed by atoms with Gasteiger partial charge in [-0.2, -0.15) is 0 Å². The van der Waals surface area contributed by atoms with E-state index >= 15 is 0 Å². The average Bonchev–Trinajstić information content (AvgIpc) is 2.44. The summed E-state index contributed by atoms with van der Waals surface area (Å²) in [7, 11) is 4.82. The van der Waals surface area contributed by atoms with E-state index in [1.54, 1.807) is 21.3 Å². The standard InChI is InChI=1S/C14H17NO3/c1-5-9-6-7-10-11(15-9)8-12(16-2)14(18-4)13(10)17-3/h6-8H,5H2,1-4H3. The van der Waals surface area contributed by atoms with Crippen LogP contribution in [0.5, 0.6) is 17.2 Å². The summed E-state index contributed by atoms with van der Waals surface area (Å²) in [6.07, 6.45) is 0.895. The smallest absolute Gasteiger partial charge is 0.204 e. The van der Waals surface area contributed by atoms with Gasteiger partial charge in [0.2, 0.25) is 5.75 Å². The van der Waals surface area contributed by atoms with Gasteiger partial charge in [0.25, 0.3) is 0 Å². The molecule has 0 N–H and O–H groups in total. The Hall–Kier alpha value is -1.97. The van der Waals surface area contributed by atoms with Gasteiger partial charge in [0.1, 0.15) is 0 Å². The first-order chi connectivity index (χ1) is 8.74. The van der Waals surface area contributed by atoms with Crippen LogP contribution in [-0.4, -0.2) is 26.3 Å². The molecular formula is C14H17NO3. The summed E-state index contributed by atoms with van der Waals surface area (Å²) in [6, 6.07) is 5.87. The van der Waals surface area contributed by atoms with Gasteiger partial charge in [-0.05, 0) is 18.6 Å². The Morgan fingerprint density at radius 3 is 2.28 bits per heavy atom. The number of ether oxygens (including phenoxy) is 3. The first-order valence-corrected chi connectivity index (χ1v) is 5.83. The molecule has 0 bridgehead atoms. The normalized spacial score (nSPS) is 10.4. The lowest BCUT2D eigenvalue weighted by Crippen LogP contribution is -1.97. The van der Waals surface area contributed by atoms with Crippen molar-refractivity contribution in [2.24, 2.45) is 0 Å². The number of nitrogens with zero attached hydrogens (tertiary/aromatic N) is 1. The Bertz CT molecular complexity index is 566. The molecule has 1 heterocycles. The van der Waals surface area contributed by atoms with Crippen LogP contribution in [-0.2, 0) is 6.42 Å². The van der Waals surface area contributed by atoms with Crippen molar-refractivity contribution in [3.63, 3.8) is 0 Å². The van der Waals surface area contributed by atoms with Crippen molar-refractivity contribution in [2.45, 2.75) is 13.3 Å². The number of aryl methyl sites for hydroxylation is 1. The minimum absolute atomic E-state index is 0.596. The van der Waals surface area contributed by atoms with Gasteiger partial charge in [0, 0.05) is 17.1 Å². The molecule has 96 valence electrons. The van der Waals surface area contributed by atoms with Crippen LogP contribution in [0.25, 0.3) is 10.9 Å². The molecule has 18 heavy (non-hydrogen) atoms. The maximum absolute atomic E-state index is 5.42. The molecule has 4 heteroatoms. The molecule has 0 saturated carbocycles. The number of methoxy groups -OCH3 is 3. The molecule has 0 amide bonds. The van der Waals surface area contributed by atoms with Gasteiger partial charge in [-0.25, -0.2) is 0 Å². The number of aromatic nitrogens is 1. The second kappa shape index (κ2) is 5.12. The molecule has 0 fully saturated rings. The minimum Gasteiger partial charge on any atom is -0.493 e. The van der Waals surface area contributed by atoms with Crippen LogP contribution in [0.3, 0.4) is 0 Å². The fourth-order valence-electron chi connectivity index (χ4n) is 1.99. The number of fused-ring (bicyclic) bond motifs is 1. The highest BCUT2D eigenvalue weighted by atomic mass is 16.5. The Kier molecular flexibility index (Phi) is 3.55. The van der Waals surface area contributed by atoms with Crippen molar-refractivity contribution in [3.8, 4) is 17.2 Å². The Balaban J connectivity index is 2.78. The van der Waals surface area contributed by atoms with Crippen molar-refractivity contribution in [1.82, 2.24) is 4.98 Å². The molecule has 2 aromatic rings. The van der Waals surface area contributed by atoms with Crippen molar-refractivity contribution in [3.05, 3.63) is 23.9 Å². The van der Waals surface area contributed by atoms with Crippen LogP contribution in [0, 0.1) is 0 Å². The third-order valence-electron chi connectivity index (χ3n) is 2.92. The van der Waals surface area contributed by atoms with Crippen molar-refractivity contribution < 1.29 is 14.2 Å². The highest BCUT2D eigenvalue weighted by molar-refractivity contribution is 5.90. The third-order valence-corrected chi connectivity index (χ3v) is 2.92. The summed E-state index contributed by atoms with van der Waals surface area (Å²) < 4.78 is 16.1. The Labute approximate surface area is 106 Å². The molecular weight excluding hydrogens is 230 g/mol. The van der Waals surface area contributed by atoms with E-state index in [4.69, 9.17) is 14.2 Å². The zero-order valence-corrected chi connectivity index (χ0v) is 11.1. The minimum atomic E-state index is 0.596. The molecule has 0 aliphatic carbocycles. The van der Waals surface area contributed by atoms with Gasteiger partial charge in [0.05, 0.1) is 26.8 Å². The molecule has 0 spiro atoms. The highest BCUT2D eigenvalue weighted by Gasteiger charge is 2.16. The molecule has 0 aliphatic heterocycles. The maximum atomic E-state index is 5.42. The summed E-state index contributed by atoms with van der Waals surface area (Å²) in [6.45, 7) is 2.08. The van der Waals surface area contributed by atoms with Gasteiger partial charge in [-0.1, -0.05) is 6.92 Å². The topological polar surface area (TPSA) is 40.6 Å². The van der Waals surface area contributed by atoms with Crippen molar-refractivity contribution in [1.29, 1.82) is 0 Å². The molecule has 1 aromatic carbocycles. The fourth-order valence-corrected chi connectivity index (χ4v) is 1.99. The lowest BCUT2D eigenvalue weighted by atomic mass is 10.1. The lowest BCUT2D eigenvalue weighted by molar-refractivity contribution is 0.327. The quantitative estimate of drug-likeness (QED) is 0.833. The number of hydrogen-bond acceptors (Lipinski definition) is 4. The lowest BCUT2D eigenvalue weighted by Gasteiger charge is -2.14. The van der Waals surface area contributed by atoms with Gasteiger partial charge in [-0.15, -0.1) is 0 Å². The molecule has 0 aliphatic rings. The summed E-state index contributed by atoms with van der Waals surface area (Å²) in [4.78, 5) is 4.57. The first kappa shape index (κ1) is 12.5. The van der Waals surface area contributed by atoms with Crippen LogP contribution in [0.2, 0.25) is 0 Å². The van der Waals surface area contributed by atoms with E-state index in [0.717, 1.165) is 23.0 Å². The number of rotatable bonds is 4. The van der Waals surface area contributed by atoms with Gasteiger partial charge >= 0.3 is 0 Å². The maximum Gasteiger partial charge on any atom is 0.204 e. The van der Waals surface area contributed by atoms with Crippen LogP contribution < -0.4 is 14.2 Å². The number of pyridine rings is 1. The predicted molar refractivity (Wildman–Crippen MR) is 70.8 cm³/mol. The zero-order valence-electron chi connectivity index (χ0n) is 11.1. The van der Waals surface area contributed by atoms with Crippen molar-refractivity contribution in [2.75, 3.05) is 21.3 Å². The molecule has 0 atom stereocenters. The summed E-state index contributed by atoms with van der Waals surface area (Å²) in [5.74, 6) is 1.88. The zero-order chi connectivity index (χ0) is 13.1. The fraction of sp³-hybridized carbons (Fsp3) is 0.357. The molecule has 4 nitrogen and oxygen atoms in total. The van der Waals surface area contributed by atoms with Gasteiger partial charge < -0.3 is 14.2 Å². The average molecular weight is 247 g/mol. The first-order valence-electron chi connectivity index (χ1n) is 5.83. The predicted octanol–water partition coefficient (Wildman–Crippen LogP) is 2.82. The molecule has 0 saturated heterocycles. The van der Waals surface area contributed by atoms with Crippen LogP contribution >= 0.6 is 0 Å². The van der Waals surface area contributed by atoms with E-state index < -0.39 is 0 Å². The second-order valence-corrected chi connectivity index (χ2v) is 3.87. The van der Waals surface area contributed by atoms with E-state index in [-0.39, 0.29) is 0 Å². The van der Waals surface area contributed by atoms with Gasteiger partial charge in [-0.3, -0.25) is 4.98 Å². The number of benzene rings is 1. The molecule has 0 radical (unpaired) electrons. The second-order valence-electron chi connectivity index (χ2n) is 3.87. The highest BCUT2D eigenvalue weighted by Crippen LogP contribution is 2.42. The number of hydrogen-bond donors (Lipinski definition) is 0. The molecule has 2 rings (SSSR count). The van der Waals surface area contributed by atoms with Gasteiger partial charge in [0.15, 0.2) is 11.5 Å². The largest absolute Gasteiger partial charge is 0.493 e. The monoisotopic (exact) mass is 247 g/mol. The molecule has 0 unspecified atom stereocenters. The van der Waals surface area contributed by atoms with E-state index in [0.29, 0.717) is 17.2 Å². The van der Waals surface area contributed by atoms with E-state index in [2.05, 4.69) is 11.9 Å².